The van der Waals surface area contributed by atoms with E-state index < -0.39 is 35.1 Å². The van der Waals surface area contributed by atoms with Crippen molar-refractivity contribution in [1.29, 1.82) is 0 Å². The van der Waals surface area contributed by atoms with Crippen molar-refractivity contribution in [2.24, 2.45) is 0 Å². The standard InChI is InChI=1S/C20H14F6N4O2/c21-19(22,23)13-3-1-12(2-4-13)17(31)28-9-10-29-16(11-28)27-30(18(29)32)15-7-5-14(6-8-15)20(24,25)26/h1-8H,9-11H2. The first-order chi connectivity index (χ1) is 14.9. The molecule has 0 aliphatic carbocycles. The van der Waals surface area contributed by atoms with Crippen molar-refractivity contribution in [1.82, 2.24) is 19.2 Å². The molecule has 3 aromatic rings. The molecule has 1 amide bonds. The number of rotatable bonds is 2. The van der Waals surface area contributed by atoms with Crippen LogP contribution < -0.4 is 5.69 Å². The molecule has 0 bridgehead atoms. The Balaban J connectivity index is 1.56. The molecule has 0 saturated heterocycles. The zero-order valence-electron chi connectivity index (χ0n) is 16.1. The van der Waals surface area contributed by atoms with Crippen molar-refractivity contribution >= 4 is 5.91 Å². The molecule has 168 valence electrons. The summed E-state index contributed by atoms with van der Waals surface area (Å²) >= 11 is 0. The lowest BCUT2D eigenvalue weighted by Crippen LogP contribution is -2.40. The van der Waals surface area contributed by atoms with Gasteiger partial charge in [-0.3, -0.25) is 9.36 Å². The summed E-state index contributed by atoms with van der Waals surface area (Å²) < 4.78 is 78.6. The van der Waals surface area contributed by atoms with E-state index in [1.165, 1.54) is 9.47 Å². The quantitative estimate of drug-likeness (QED) is 0.553. The SMILES string of the molecule is O=C(c1ccc(C(F)(F)F)cc1)N1CCn2c(nn(-c3ccc(C(F)(F)F)cc3)c2=O)C1. The van der Waals surface area contributed by atoms with Crippen LogP contribution >= 0.6 is 0 Å². The van der Waals surface area contributed by atoms with Gasteiger partial charge in [0.2, 0.25) is 0 Å². The van der Waals surface area contributed by atoms with Gasteiger partial charge >= 0.3 is 18.0 Å². The van der Waals surface area contributed by atoms with E-state index in [9.17, 15) is 35.9 Å². The molecular formula is C20H14F6N4O2. The third-order valence-electron chi connectivity index (χ3n) is 5.05. The van der Waals surface area contributed by atoms with Gasteiger partial charge < -0.3 is 4.90 Å². The van der Waals surface area contributed by atoms with Crippen LogP contribution in [0.15, 0.2) is 53.3 Å². The number of halogens is 6. The van der Waals surface area contributed by atoms with Crippen LogP contribution in [0.5, 0.6) is 0 Å². The number of aromatic nitrogens is 3. The summed E-state index contributed by atoms with van der Waals surface area (Å²) in [6, 6.07) is 7.68. The predicted molar refractivity (Wildman–Crippen MR) is 99.0 cm³/mol. The molecule has 1 aliphatic rings. The van der Waals surface area contributed by atoms with E-state index in [4.69, 9.17) is 0 Å². The highest BCUT2D eigenvalue weighted by Crippen LogP contribution is 2.30. The Morgan fingerprint density at radius 3 is 1.88 bits per heavy atom. The van der Waals surface area contributed by atoms with E-state index in [2.05, 4.69) is 5.10 Å². The number of alkyl halides is 6. The molecule has 0 saturated carbocycles. The maximum atomic E-state index is 12.7. The number of amides is 1. The van der Waals surface area contributed by atoms with Crippen molar-refractivity contribution in [3.8, 4) is 5.69 Å². The molecular weight excluding hydrogens is 442 g/mol. The topological polar surface area (TPSA) is 60.1 Å². The smallest absolute Gasteiger partial charge is 0.329 e. The molecule has 2 aromatic carbocycles. The average molecular weight is 456 g/mol. The predicted octanol–water partition coefficient (Wildman–Crippen LogP) is 3.73. The lowest BCUT2D eigenvalue weighted by Gasteiger charge is -2.26. The number of nitrogens with zero attached hydrogens (tertiary/aromatic N) is 4. The third-order valence-corrected chi connectivity index (χ3v) is 5.05. The Labute approximate surface area is 176 Å². The average Bonchev–Trinajstić information content (AvgIpc) is 3.08. The van der Waals surface area contributed by atoms with Gasteiger partial charge in [0.15, 0.2) is 5.82 Å². The van der Waals surface area contributed by atoms with Crippen molar-refractivity contribution in [3.63, 3.8) is 0 Å². The minimum atomic E-state index is -4.52. The summed E-state index contributed by atoms with van der Waals surface area (Å²) in [6.45, 7) is 0.120. The van der Waals surface area contributed by atoms with Crippen LogP contribution in [0.1, 0.15) is 27.3 Å². The summed E-state index contributed by atoms with van der Waals surface area (Å²) in [5.41, 5.74) is -2.13. The molecule has 6 nitrogen and oxygen atoms in total. The van der Waals surface area contributed by atoms with Crippen molar-refractivity contribution in [2.75, 3.05) is 6.54 Å². The second-order valence-corrected chi connectivity index (χ2v) is 7.11. The number of carbonyl (C=O) groups is 1. The van der Waals surface area contributed by atoms with E-state index in [0.29, 0.717) is 0 Å². The van der Waals surface area contributed by atoms with E-state index in [0.717, 1.165) is 53.2 Å². The van der Waals surface area contributed by atoms with Crippen molar-refractivity contribution in [3.05, 3.63) is 81.5 Å². The summed E-state index contributed by atoms with van der Waals surface area (Å²) in [4.78, 5) is 26.6. The zero-order chi connectivity index (χ0) is 23.3. The third kappa shape index (κ3) is 3.99. The largest absolute Gasteiger partial charge is 0.416 e. The van der Waals surface area contributed by atoms with Gasteiger partial charge in [0, 0.05) is 18.7 Å². The van der Waals surface area contributed by atoms with Gasteiger partial charge in [-0.15, -0.1) is 5.10 Å². The fourth-order valence-electron chi connectivity index (χ4n) is 3.37. The van der Waals surface area contributed by atoms with Gasteiger partial charge in [-0.25, -0.2) is 4.79 Å². The number of benzene rings is 2. The van der Waals surface area contributed by atoms with Crippen LogP contribution in [0, 0.1) is 0 Å². The summed E-state index contributed by atoms with van der Waals surface area (Å²) in [6.07, 6.45) is -9.04. The van der Waals surface area contributed by atoms with Crippen molar-refractivity contribution < 1.29 is 31.1 Å². The Bertz CT molecular complexity index is 1210. The minimum absolute atomic E-state index is 0.0518. The second kappa shape index (κ2) is 7.53. The van der Waals surface area contributed by atoms with E-state index in [1.807, 2.05) is 0 Å². The Hall–Kier alpha value is -3.57. The fourth-order valence-corrected chi connectivity index (χ4v) is 3.37. The highest BCUT2D eigenvalue weighted by atomic mass is 19.4. The van der Waals surface area contributed by atoms with Gasteiger partial charge in [-0.2, -0.15) is 31.0 Å². The van der Waals surface area contributed by atoms with Crippen LogP contribution in [0.4, 0.5) is 26.3 Å². The lowest BCUT2D eigenvalue weighted by molar-refractivity contribution is -0.138. The normalized spacial score (nSPS) is 14.4. The minimum Gasteiger partial charge on any atom is -0.329 e. The van der Waals surface area contributed by atoms with Crippen LogP contribution in [-0.2, 0) is 25.4 Å². The lowest BCUT2D eigenvalue weighted by atomic mass is 10.1. The molecule has 4 rings (SSSR count). The number of fused-ring (bicyclic) bond motifs is 1. The van der Waals surface area contributed by atoms with Crippen LogP contribution in [0.25, 0.3) is 5.69 Å². The van der Waals surface area contributed by atoms with Crippen molar-refractivity contribution in [2.45, 2.75) is 25.4 Å². The number of hydrogen-bond acceptors (Lipinski definition) is 3. The maximum absolute atomic E-state index is 12.7. The monoisotopic (exact) mass is 456 g/mol. The van der Waals surface area contributed by atoms with Crippen LogP contribution in [0.2, 0.25) is 0 Å². The molecule has 0 radical (unpaired) electrons. The Kier molecular flexibility index (Phi) is 5.10. The molecule has 0 atom stereocenters. The molecule has 1 aromatic heterocycles. The first-order valence-electron chi connectivity index (χ1n) is 9.28. The first kappa shape index (κ1) is 21.7. The molecule has 0 fully saturated rings. The van der Waals surface area contributed by atoms with Gasteiger partial charge in [0.1, 0.15) is 0 Å². The molecule has 0 spiro atoms. The molecule has 1 aliphatic heterocycles. The molecule has 32 heavy (non-hydrogen) atoms. The second-order valence-electron chi connectivity index (χ2n) is 7.11. The highest BCUT2D eigenvalue weighted by Gasteiger charge is 2.32. The Morgan fingerprint density at radius 2 is 1.34 bits per heavy atom. The van der Waals surface area contributed by atoms with E-state index in [-0.39, 0.29) is 36.7 Å². The Morgan fingerprint density at radius 1 is 0.812 bits per heavy atom. The zero-order valence-corrected chi connectivity index (χ0v) is 16.1. The van der Waals surface area contributed by atoms with E-state index in [1.54, 1.807) is 0 Å². The summed E-state index contributed by atoms with van der Waals surface area (Å²) in [5, 5.41) is 4.13. The van der Waals surface area contributed by atoms with E-state index >= 15 is 0 Å². The first-order valence-corrected chi connectivity index (χ1v) is 9.28. The van der Waals surface area contributed by atoms with Gasteiger partial charge in [-0.05, 0) is 48.5 Å². The number of carbonyl (C=O) groups excluding carboxylic acids is 1. The highest BCUT2D eigenvalue weighted by molar-refractivity contribution is 5.94. The maximum Gasteiger partial charge on any atom is 0.416 e. The molecule has 12 heteroatoms. The summed E-state index contributed by atoms with van der Waals surface area (Å²) in [5.74, 6) is -0.317. The molecule has 0 unspecified atom stereocenters. The molecule has 2 heterocycles. The fraction of sp³-hybridized carbons (Fsp3) is 0.250. The molecule has 0 N–H and O–H groups in total. The summed E-state index contributed by atoms with van der Waals surface area (Å²) in [7, 11) is 0. The number of hydrogen-bond donors (Lipinski definition) is 0. The van der Waals surface area contributed by atoms with Gasteiger partial charge in [0.25, 0.3) is 5.91 Å². The van der Waals surface area contributed by atoms with Crippen LogP contribution in [-0.4, -0.2) is 31.7 Å². The van der Waals surface area contributed by atoms with Crippen LogP contribution in [0.3, 0.4) is 0 Å². The van der Waals surface area contributed by atoms with Gasteiger partial charge in [0.05, 0.1) is 23.4 Å². The van der Waals surface area contributed by atoms with Gasteiger partial charge in [-0.1, -0.05) is 0 Å².